The van der Waals surface area contributed by atoms with Gasteiger partial charge in [-0.1, -0.05) is 6.08 Å². The van der Waals surface area contributed by atoms with Crippen molar-refractivity contribution in [3.63, 3.8) is 0 Å². The van der Waals surface area contributed by atoms with Gasteiger partial charge in [0.15, 0.2) is 0 Å². The topological polar surface area (TPSA) is 55.9 Å². The summed E-state index contributed by atoms with van der Waals surface area (Å²) in [7, 11) is 0. The van der Waals surface area contributed by atoms with Gasteiger partial charge in [-0.15, -0.1) is 6.58 Å². The van der Waals surface area contributed by atoms with Crippen LogP contribution < -0.4 is 11.1 Å². The van der Waals surface area contributed by atoms with E-state index in [0.717, 1.165) is 6.54 Å². The molecule has 2 rings (SSSR count). The summed E-state index contributed by atoms with van der Waals surface area (Å²) in [5.74, 6) is 0. The number of nitrogens with one attached hydrogen (secondary N) is 1. The number of imidazole rings is 1. The van der Waals surface area contributed by atoms with Crippen molar-refractivity contribution in [3.05, 3.63) is 30.9 Å². The lowest BCUT2D eigenvalue weighted by atomic mass is 10.2. The molecule has 1 atom stereocenters. The maximum absolute atomic E-state index is 5.76. The van der Waals surface area contributed by atoms with E-state index in [2.05, 4.69) is 21.4 Å². The second-order valence-corrected chi connectivity index (χ2v) is 3.94. The van der Waals surface area contributed by atoms with E-state index in [1.807, 2.05) is 18.6 Å². The van der Waals surface area contributed by atoms with E-state index in [9.17, 15) is 0 Å². The SMILES string of the molecule is C=CCNC(CN)c1cncn1C1CC1. The van der Waals surface area contributed by atoms with Crippen molar-refractivity contribution >= 4 is 0 Å². The molecule has 82 valence electrons. The van der Waals surface area contributed by atoms with Crippen molar-refractivity contribution in [3.8, 4) is 0 Å². The van der Waals surface area contributed by atoms with Gasteiger partial charge < -0.3 is 15.6 Å². The smallest absolute Gasteiger partial charge is 0.0951 e. The Morgan fingerprint density at radius 3 is 3.13 bits per heavy atom. The van der Waals surface area contributed by atoms with E-state index >= 15 is 0 Å². The van der Waals surface area contributed by atoms with Crippen LogP contribution in [0.3, 0.4) is 0 Å². The van der Waals surface area contributed by atoms with Crippen LogP contribution in [0, 0.1) is 0 Å². The fraction of sp³-hybridized carbons (Fsp3) is 0.545. The summed E-state index contributed by atoms with van der Waals surface area (Å²) in [5.41, 5.74) is 6.95. The minimum Gasteiger partial charge on any atom is -0.330 e. The molecule has 1 unspecified atom stereocenters. The highest BCUT2D eigenvalue weighted by Crippen LogP contribution is 2.36. The van der Waals surface area contributed by atoms with Gasteiger partial charge in [-0.2, -0.15) is 0 Å². The van der Waals surface area contributed by atoms with Crippen LogP contribution in [0.2, 0.25) is 0 Å². The number of hydrogen-bond acceptors (Lipinski definition) is 3. The van der Waals surface area contributed by atoms with Crippen LogP contribution in [0.4, 0.5) is 0 Å². The highest BCUT2D eigenvalue weighted by molar-refractivity contribution is 5.09. The number of hydrogen-bond donors (Lipinski definition) is 2. The zero-order valence-electron chi connectivity index (χ0n) is 8.89. The summed E-state index contributed by atoms with van der Waals surface area (Å²) in [4.78, 5) is 4.20. The third-order valence-corrected chi connectivity index (χ3v) is 2.74. The highest BCUT2D eigenvalue weighted by Gasteiger charge is 2.27. The van der Waals surface area contributed by atoms with Gasteiger partial charge in [-0.3, -0.25) is 0 Å². The molecule has 0 amide bonds. The summed E-state index contributed by atoms with van der Waals surface area (Å²) in [5, 5.41) is 3.34. The molecule has 1 aliphatic carbocycles. The van der Waals surface area contributed by atoms with E-state index in [1.165, 1.54) is 18.5 Å². The standard InChI is InChI=1S/C11H18N4/c1-2-5-14-10(6-12)11-7-13-8-15(11)9-3-4-9/h2,7-10,14H,1,3-6,12H2. The Labute approximate surface area is 90.2 Å². The predicted molar refractivity (Wildman–Crippen MR) is 60.5 cm³/mol. The van der Waals surface area contributed by atoms with Crippen molar-refractivity contribution in [2.45, 2.75) is 24.9 Å². The first-order valence-electron chi connectivity index (χ1n) is 5.43. The minimum absolute atomic E-state index is 0.186. The van der Waals surface area contributed by atoms with Gasteiger partial charge in [0.2, 0.25) is 0 Å². The Balaban J connectivity index is 2.10. The normalized spacial score (nSPS) is 17.7. The number of aromatic nitrogens is 2. The zero-order valence-corrected chi connectivity index (χ0v) is 8.89. The third kappa shape index (κ3) is 2.27. The van der Waals surface area contributed by atoms with E-state index in [0.29, 0.717) is 12.6 Å². The van der Waals surface area contributed by atoms with Crippen LogP contribution in [-0.2, 0) is 0 Å². The molecule has 0 aromatic carbocycles. The molecule has 0 aliphatic heterocycles. The number of nitrogens with zero attached hydrogens (tertiary/aromatic N) is 2. The van der Waals surface area contributed by atoms with Crippen LogP contribution in [-0.4, -0.2) is 22.6 Å². The molecule has 4 heteroatoms. The van der Waals surface area contributed by atoms with Crippen molar-refractivity contribution in [1.82, 2.24) is 14.9 Å². The minimum atomic E-state index is 0.186. The molecular weight excluding hydrogens is 188 g/mol. The van der Waals surface area contributed by atoms with E-state index in [1.54, 1.807) is 0 Å². The Morgan fingerprint density at radius 1 is 1.73 bits per heavy atom. The van der Waals surface area contributed by atoms with Crippen LogP contribution in [0.5, 0.6) is 0 Å². The molecule has 0 radical (unpaired) electrons. The van der Waals surface area contributed by atoms with E-state index in [-0.39, 0.29) is 6.04 Å². The molecule has 15 heavy (non-hydrogen) atoms. The summed E-state index contributed by atoms with van der Waals surface area (Å²) in [6, 6.07) is 0.841. The molecule has 1 aliphatic rings. The van der Waals surface area contributed by atoms with Crippen LogP contribution in [0.1, 0.15) is 30.6 Å². The Bertz CT molecular complexity index is 327. The highest BCUT2D eigenvalue weighted by atomic mass is 15.1. The monoisotopic (exact) mass is 206 g/mol. The molecule has 1 aromatic heterocycles. The molecule has 1 fully saturated rings. The quantitative estimate of drug-likeness (QED) is 0.683. The first kappa shape index (κ1) is 10.4. The van der Waals surface area contributed by atoms with Crippen molar-refractivity contribution in [1.29, 1.82) is 0 Å². The van der Waals surface area contributed by atoms with Crippen LogP contribution in [0.25, 0.3) is 0 Å². The molecule has 4 nitrogen and oxygen atoms in total. The number of rotatable bonds is 6. The van der Waals surface area contributed by atoms with Crippen LogP contribution in [0.15, 0.2) is 25.2 Å². The lowest BCUT2D eigenvalue weighted by Crippen LogP contribution is -2.30. The van der Waals surface area contributed by atoms with Crippen molar-refractivity contribution in [2.75, 3.05) is 13.1 Å². The van der Waals surface area contributed by atoms with Crippen molar-refractivity contribution in [2.24, 2.45) is 5.73 Å². The maximum Gasteiger partial charge on any atom is 0.0951 e. The zero-order chi connectivity index (χ0) is 10.7. The molecule has 0 spiro atoms. The molecule has 0 saturated heterocycles. The van der Waals surface area contributed by atoms with Gasteiger partial charge in [0.25, 0.3) is 0 Å². The third-order valence-electron chi connectivity index (χ3n) is 2.74. The molecule has 1 saturated carbocycles. The van der Waals surface area contributed by atoms with Gasteiger partial charge in [0, 0.05) is 25.3 Å². The second-order valence-electron chi connectivity index (χ2n) is 3.94. The van der Waals surface area contributed by atoms with E-state index < -0.39 is 0 Å². The summed E-state index contributed by atoms with van der Waals surface area (Å²) in [6.45, 7) is 5.06. The van der Waals surface area contributed by atoms with Gasteiger partial charge in [0.05, 0.1) is 18.1 Å². The Hall–Kier alpha value is -1.13. The fourth-order valence-electron chi connectivity index (χ4n) is 1.78. The van der Waals surface area contributed by atoms with Crippen molar-refractivity contribution < 1.29 is 0 Å². The fourth-order valence-corrected chi connectivity index (χ4v) is 1.78. The lowest BCUT2D eigenvalue weighted by Gasteiger charge is -2.17. The lowest BCUT2D eigenvalue weighted by molar-refractivity contribution is 0.527. The largest absolute Gasteiger partial charge is 0.330 e. The van der Waals surface area contributed by atoms with Gasteiger partial charge in [-0.25, -0.2) is 4.98 Å². The molecule has 1 heterocycles. The molecular formula is C11H18N4. The van der Waals surface area contributed by atoms with Gasteiger partial charge in [0.1, 0.15) is 0 Å². The van der Waals surface area contributed by atoms with Gasteiger partial charge in [-0.05, 0) is 12.8 Å². The average Bonchev–Trinajstić information content (AvgIpc) is 2.99. The molecule has 0 bridgehead atoms. The number of nitrogens with two attached hydrogens (primary N) is 1. The average molecular weight is 206 g/mol. The molecule has 1 aromatic rings. The summed E-state index contributed by atoms with van der Waals surface area (Å²) < 4.78 is 2.24. The first-order valence-corrected chi connectivity index (χ1v) is 5.43. The van der Waals surface area contributed by atoms with Crippen LogP contribution >= 0.6 is 0 Å². The Morgan fingerprint density at radius 2 is 2.53 bits per heavy atom. The van der Waals surface area contributed by atoms with Gasteiger partial charge >= 0.3 is 0 Å². The second kappa shape index (κ2) is 4.59. The summed E-state index contributed by atoms with van der Waals surface area (Å²) >= 11 is 0. The summed E-state index contributed by atoms with van der Waals surface area (Å²) in [6.07, 6.45) is 8.20. The first-order chi connectivity index (χ1) is 7.36. The molecule has 3 N–H and O–H groups in total. The van der Waals surface area contributed by atoms with E-state index in [4.69, 9.17) is 5.73 Å². The Kier molecular flexibility index (Phi) is 3.18. The maximum atomic E-state index is 5.76. The predicted octanol–water partition coefficient (Wildman–Crippen LogP) is 0.993.